The Labute approximate surface area is 115 Å². The van der Waals surface area contributed by atoms with Gasteiger partial charge in [-0.25, -0.2) is 4.98 Å². The molecule has 0 unspecified atom stereocenters. The third-order valence-corrected chi connectivity index (χ3v) is 3.84. The van der Waals surface area contributed by atoms with Crippen molar-refractivity contribution in [2.24, 2.45) is 0 Å². The first-order valence-corrected chi connectivity index (χ1v) is 6.79. The van der Waals surface area contributed by atoms with Gasteiger partial charge in [0.25, 0.3) is 0 Å². The summed E-state index contributed by atoms with van der Waals surface area (Å²) in [5, 5.41) is 0.586. The van der Waals surface area contributed by atoms with Crippen LogP contribution in [0.5, 0.6) is 0 Å². The molecule has 0 aliphatic rings. The van der Waals surface area contributed by atoms with E-state index in [0.717, 1.165) is 21.7 Å². The van der Waals surface area contributed by atoms with Crippen molar-refractivity contribution in [1.29, 1.82) is 0 Å². The van der Waals surface area contributed by atoms with Gasteiger partial charge in [-0.15, -0.1) is 0 Å². The van der Waals surface area contributed by atoms with Gasteiger partial charge in [-0.2, -0.15) is 0 Å². The van der Waals surface area contributed by atoms with Crippen LogP contribution < -0.4 is 5.73 Å². The van der Waals surface area contributed by atoms with Crippen LogP contribution in [0.25, 0.3) is 21.7 Å². The Hall–Kier alpha value is -2.20. The standard InChI is InChI=1S/C15H13N3S/c1-10-2-4-11(5-3-10)13-14(19-15(16)18-13)12-6-8-17-9-7-12/h2-9H,1H3,(H2,16,18). The molecule has 19 heavy (non-hydrogen) atoms. The van der Waals surface area contributed by atoms with Crippen molar-refractivity contribution >= 4 is 16.5 Å². The molecule has 1 aromatic carbocycles. The van der Waals surface area contributed by atoms with E-state index >= 15 is 0 Å². The van der Waals surface area contributed by atoms with Crippen LogP contribution in [0.15, 0.2) is 48.8 Å². The Kier molecular flexibility index (Phi) is 3.01. The predicted molar refractivity (Wildman–Crippen MR) is 79.9 cm³/mol. The predicted octanol–water partition coefficient (Wildman–Crippen LogP) is 3.76. The van der Waals surface area contributed by atoms with E-state index in [0.29, 0.717) is 5.13 Å². The lowest BCUT2D eigenvalue weighted by Crippen LogP contribution is -1.85. The topological polar surface area (TPSA) is 51.8 Å². The van der Waals surface area contributed by atoms with Gasteiger partial charge in [0.1, 0.15) is 0 Å². The van der Waals surface area contributed by atoms with Crippen molar-refractivity contribution in [2.75, 3.05) is 5.73 Å². The summed E-state index contributed by atoms with van der Waals surface area (Å²) >= 11 is 1.51. The van der Waals surface area contributed by atoms with Crippen LogP contribution in [0.3, 0.4) is 0 Å². The zero-order chi connectivity index (χ0) is 13.2. The Morgan fingerprint density at radius 3 is 2.32 bits per heavy atom. The third kappa shape index (κ3) is 2.35. The second-order valence-corrected chi connectivity index (χ2v) is 5.36. The number of nitrogens with two attached hydrogens (primary N) is 1. The maximum Gasteiger partial charge on any atom is 0.181 e. The molecule has 2 heterocycles. The lowest BCUT2D eigenvalue weighted by atomic mass is 10.1. The van der Waals surface area contributed by atoms with Gasteiger partial charge in [0.05, 0.1) is 10.6 Å². The molecule has 3 nitrogen and oxygen atoms in total. The molecule has 0 spiro atoms. The lowest BCUT2D eigenvalue weighted by Gasteiger charge is -2.02. The molecule has 0 aliphatic heterocycles. The smallest absolute Gasteiger partial charge is 0.181 e. The Bertz CT molecular complexity index is 687. The van der Waals surface area contributed by atoms with Crippen LogP contribution in [-0.4, -0.2) is 9.97 Å². The molecule has 0 bridgehead atoms. The first-order chi connectivity index (χ1) is 9.24. The average Bonchev–Trinajstić information content (AvgIpc) is 2.83. The average molecular weight is 267 g/mol. The number of pyridine rings is 1. The molecule has 0 atom stereocenters. The summed E-state index contributed by atoms with van der Waals surface area (Å²) in [7, 11) is 0. The second kappa shape index (κ2) is 4.82. The fourth-order valence-corrected chi connectivity index (χ4v) is 2.80. The second-order valence-electron chi connectivity index (χ2n) is 4.33. The van der Waals surface area contributed by atoms with Crippen molar-refractivity contribution in [3.63, 3.8) is 0 Å². The molecule has 0 amide bonds. The Morgan fingerprint density at radius 2 is 1.63 bits per heavy atom. The van der Waals surface area contributed by atoms with Gasteiger partial charge >= 0.3 is 0 Å². The summed E-state index contributed by atoms with van der Waals surface area (Å²) in [6.07, 6.45) is 3.56. The lowest BCUT2D eigenvalue weighted by molar-refractivity contribution is 1.33. The minimum Gasteiger partial charge on any atom is -0.375 e. The molecule has 4 heteroatoms. The molecular weight excluding hydrogens is 254 g/mol. The van der Waals surface area contributed by atoms with Crippen molar-refractivity contribution in [2.45, 2.75) is 6.92 Å². The largest absolute Gasteiger partial charge is 0.375 e. The van der Waals surface area contributed by atoms with E-state index in [2.05, 4.69) is 41.2 Å². The third-order valence-electron chi connectivity index (χ3n) is 2.91. The molecule has 0 radical (unpaired) electrons. The van der Waals surface area contributed by atoms with E-state index in [1.54, 1.807) is 12.4 Å². The Morgan fingerprint density at radius 1 is 0.947 bits per heavy atom. The molecule has 0 saturated heterocycles. The maximum absolute atomic E-state index is 5.88. The van der Waals surface area contributed by atoms with E-state index in [-0.39, 0.29) is 0 Å². The molecule has 2 aromatic heterocycles. The maximum atomic E-state index is 5.88. The highest BCUT2D eigenvalue weighted by molar-refractivity contribution is 7.19. The fourth-order valence-electron chi connectivity index (χ4n) is 1.94. The first-order valence-electron chi connectivity index (χ1n) is 5.98. The molecule has 0 aliphatic carbocycles. The number of nitrogen functional groups attached to an aromatic ring is 1. The quantitative estimate of drug-likeness (QED) is 0.769. The van der Waals surface area contributed by atoms with Gasteiger partial charge in [0.15, 0.2) is 5.13 Å². The molecule has 94 valence electrons. The van der Waals surface area contributed by atoms with Crippen LogP contribution in [0, 0.1) is 6.92 Å². The molecule has 2 N–H and O–H groups in total. The monoisotopic (exact) mass is 267 g/mol. The van der Waals surface area contributed by atoms with Crippen molar-refractivity contribution in [1.82, 2.24) is 9.97 Å². The van der Waals surface area contributed by atoms with E-state index in [1.165, 1.54) is 16.9 Å². The van der Waals surface area contributed by atoms with Crippen LogP contribution in [0.1, 0.15) is 5.56 Å². The minimum atomic E-state index is 0.586. The van der Waals surface area contributed by atoms with Crippen molar-refractivity contribution in [3.05, 3.63) is 54.4 Å². The summed E-state index contributed by atoms with van der Waals surface area (Å²) in [6.45, 7) is 2.07. The van der Waals surface area contributed by atoms with Gasteiger partial charge in [0, 0.05) is 18.0 Å². The SMILES string of the molecule is Cc1ccc(-c2nc(N)sc2-c2ccncc2)cc1. The molecule has 0 saturated carbocycles. The summed E-state index contributed by atoms with van der Waals surface area (Å²) in [4.78, 5) is 9.59. The molecule has 3 aromatic rings. The fraction of sp³-hybridized carbons (Fsp3) is 0.0667. The van der Waals surface area contributed by atoms with E-state index in [4.69, 9.17) is 5.73 Å². The van der Waals surface area contributed by atoms with Gasteiger partial charge in [-0.05, 0) is 24.6 Å². The van der Waals surface area contributed by atoms with E-state index in [9.17, 15) is 0 Å². The van der Waals surface area contributed by atoms with Crippen molar-refractivity contribution < 1.29 is 0 Å². The number of hydrogen-bond donors (Lipinski definition) is 1. The van der Waals surface area contributed by atoms with Crippen molar-refractivity contribution in [3.8, 4) is 21.7 Å². The zero-order valence-electron chi connectivity index (χ0n) is 10.5. The molecule has 0 fully saturated rings. The van der Waals surface area contributed by atoms with Gasteiger partial charge in [0.2, 0.25) is 0 Å². The van der Waals surface area contributed by atoms with E-state index < -0.39 is 0 Å². The number of hydrogen-bond acceptors (Lipinski definition) is 4. The van der Waals surface area contributed by atoms with Gasteiger partial charge in [-0.3, -0.25) is 4.98 Å². The van der Waals surface area contributed by atoms with Crippen LogP contribution >= 0.6 is 11.3 Å². The number of rotatable bonds is 2. The molecular formula is C15H13N3S. The number of nitrogens with zero attached hydrogens (tertiary/aromatic N) is 2. The minimum absolute atomic E-state index is 0.586. The summed E-state index contributed by atoms with van der Waals surface area (Å²) in [6, 6.07) is 12.3. The normalized spacial score (nSPS) is 10.6. The highest BCUT2D eigenvalue weighted by Gasteiger charge is 2.13. The van der Waals surface area contributed by atoms with E-state index in [1.807, 2.05) is 12.1 Å². The van der Waals surface area contributed by atoms with Gasteiger partial charge in [-0.1, -0.05) is 41.2 Å². The molecule has 3 rings (SSSR count). The van der Waals surface area contributed by atoms with Crippen LogP contribution in [-0.2, 0) is 0 Å². The number of aryl methyl sites for hydroxylation is 1. The highest BCUT2D eigenvalue weighted by Crippen LogP contribution is 2.37. The van der Waals surface area contributed by atoms with Crippen LogP contribution in [0.4, 0.5) is 5.13 Å². The Balaban J connectivity index is 2.15. The summed E-state index contributed by atoms with van der Waals surface area (Å²) in [5.74, 6) is 0. The highest BCUT2D eigenvalue weighted by atomic mass is 32.1. The number of thiazole rings is 1. The van der Waals surface area contributed by atoms with Crippen LogP contribution in [0.2, 0.25) is 0 Å². The number of anilines is 1. The summed E-state index contributed by atoms with van der Waals surface area (Å²) < 4.78 is 0. The van der Waals surface area contributed by atoms with Gasteiger partial charge < -0.3 is 5.73 Å². The number of aromatic nitrogens is 2. The zero-order valence-corrected chi connectivity index (χ0v) is 11.3. The summed E-state index contributed by atoms with van der Waals surface area (Å²) in [5.41, 5.74) is 10.2. The number of benzene rings is 1. The first kappa shape index (κ1) is 11.9.